The van der Waals surface area contributed by atoms with Gasteiger partial charge in [-0.25, -0.2) is 8.42 Å². The second kappa shape index (κ2) is 9.76. The molecule has 11 heteroatoms. The van der Waals surface area contributed by atoms with Crippen molar-refractivity contribution in [2.75, 3.05) is 13.1 Å². The number of aromatic nitrogens is 1. The highest BCUT2D eigenvalue weighted by Gasteiger charge is 2.36. The summed E-state index contributed by atoms with van der Waals surface area (Å²) in [6, 6.07) is 7.05. The molecular weight excluding hydrogens is 509 g/mol. The summed E-state index contributed by atoms with van der Waals surface area (Å²) in [5.74, 6) is 0.943. The molecule has 8 nitrogen and oxygen atoms in total. The van der Waals surface area contributed by atoms with Crippen LogP contribution in [0, 0.1) is 5.41 Å². The second-order valence-corrected chi connectivity index (χ2v) is 12.4. The van der Waals surface area contributed by atoms with Gasteiger partial charge in [-0.15, -0.1) is 4.40 Å². The van der Waals surface area contributed by atoms with Gasteiger partial charge in [0.15, 0.2) is 0 Å². The van der Waals surface area contributed by atoms with E-state index in [2.05, 4.69) is 9.30 Å². The third-order valence-corrected chi connectivity index (χ3v) is 8.90. The van der Waals surface area contributed by atoms with Gasteiger partial charge < -0.3 is 10.5 Å². The number of pyridine rings is 1. The van der Waals surface area contributed by atoms with Crippen LogP contribution in [0.3, 0.4) is 0 Å². The van der Waals surface area contributed by atoms with Crippen molar-refractivity contribution in [2.24, 2.45) is 10.1 Å². The summed E-state index contributed by atoms with van der Waals surface area (Å²) in [6.07, 6.45) is 7.08. The molecule has 0 amide bonds. The lowest BCUT2D eigenvalue weighted by molar-refractivity contribution is 0.0966. The summed E-state index contributed by atoms with van der Waals surface area (Å²) >= 11 is 12.2. The Morgan fingerprint density at radius 3 is 2.31 bits per heavy atom. The molecule has 2 heterocycles. The van der Waals surface area contributed by atoms with E-state index in [9.17, 15) is 8.42 Å². The maximum Gasteiger partial charge on any atom is 0.259 e. The molecule has 1 saturated heterocycles. The average molecular weight is 539 g/mol. The fourth-order valence-electron chi connectivity index (χ4n) is 4.53. The number of hydrogen-bond donors (Lipinski definition) is 2. The Labute approximate surface area is 215 Å². The summed E-state index contributed by atoms with van der Waals surface area (Å²) in [5.41, 5.74) is 8.38. The molecule has 0 radical (unpaired) electrons. The van der Waals surface area contributed by atoms with Crippen LogP contribution in [-0.4, -0.2) is 48.3 Å². The molecule has 1 aliphatic heterocycles. The van der Waals surface area contributed by atoms with Crippen molar-refractivity contribution < 1.29 is 13.2 Å². The van der Waals surface area contributed by atoms with E-state index in [-0.39, 0.29) is 17.6 Å². The standard InChI is InChI=1S/C24H29Cl2N5O3S/c25-17-10-18(26)12-20(11-17)34-19-5-7-30(8-6-19)13-16-9-23(27)31(14-22(16)15-1-2-15)24(28)29-35(32,33)21-3-4-21/h9-12,14-15,19,21,27H,1-8,13H2,(H2,28,29). The highest BCUT2D eigenvalue weighted by Crippen LogP contribution is 2.41. The summed E-state index contributed by atoms with van der Waals surface area (Å²) in [6.45, 7) is 2.47. The van der Waals surface area contributed by atoms with Crippen LogP contribution in [0.5, 0.6) is 5.75 Å². The third kappa shape index (κ3) is 6.02. The maximum atomic E-state index is 12.3. The Bertz CT molecular complexity index is 1290. The van der Waals surface area contributed by atoms with Crippen molar-refractivity contribution in [1.29, 1.82) is 5.41 Å². The van der Waals surface area contributed by atoms with Gasteiger partial charge in [0, 0.05) is 35.9 Å². The molecule has 0 spiro atoms. The molecule has 2 aliphatic carbocycles. The van der Waals surface area contributed by atoms with Crippen LogP contribution in [0.2, 0.25) is 10.0 Å². The number of nitrogens with zero attached hydrogens (tertiary/aromatic N) is 3. The molecule has 1 aromatic carbocycles. The Kier molecular flexibility index (Phi) is 6.87. The molecule has 35 heavy (non-hydrogen) atoms. The Hall–Kier alpha value is -2.07. The first-order valence-corrected chi connectivity index (χ1v) is 14.2. The fourth-order valence-corrected chi connectivity index (χ4v) is 6.26. The number of halogens is 2. The monoisotopic (exact) mass is 537 g/mol. The number of nitrogens with two attached hydrogens (primary N) is 1. The quantitative estimate of drug-likeness (QED) is 0.411. The van der Waals surface area contributed by atoms with Gasteiger partial charge in [-0.05, 0) is 79.8 Å². The number of benzene rings is 1. The SMILES string of the molecule is N=c1cc(CN2CCC(Oc3cc(Cl)cc(Cl)c3)CC2)c(C2CC2)cn1C(N)=NS(=O)(=O)C1CC1. The van der Waals surface area contributed by atoms with Gasteiger partial charge in [-0.2, -0.15) is 0 Å². The van der Waals surface area contributed by atoms with E-state index in [1.165, 1.54) is 4.57 Å². The van der Waals surface area contributed by atoms with E-state index in [0.717, 1.165) is 56.4 Å². The highest BCUT2D eigenvalue weighted by atomic mass is 35.5. The smallest absolute Gasteiger partial charge is 0.259 e. The molecule has 3 fully saturated rings. The zero-order valence-electron chi connectivity index (χ0n) is 19.3. The van der Waals surface area contributed by atoms with Crippen molar-refractivity contribution >= 4 is 39.2 Å². The summed E-state index contributed by atoms with van der Waals surface area (Å²) in [7, 11) is -3.61. The molecule has 2 saturated carbocycles. The largest absolute Gasteiger partial charge is 0.490 e. The Morgan fingerprint density at radius 1 is 1.06 bits per heavy atom. The molecule has 1 aromatic heterocycles. The lowest BCUT2D eigenvalue weighted by Gasteiger charge is -2.32. The minimum atomic E-state index is -3.61. The number of hydrogen-bond acceptors (Lipinski definition) is 5. The van der Waals surface area contributed by atoms with Gasteiger partial charge in [0.25, 0.3) is 10.0 Å². The van der Waals surface area contributed by atoms with Crippen molar-refractivity contribution in [1.82, 2.24) is 9.47 Å². The number of sulfonamides is 1. The van der Waals surface area contributed by atoms with Crippen LogP contribution >= 0.6 is 23.2 Å². The lowest BCUT2D eigenvalue weighted by atomic mass is 10.0. The molecule has 3 aliphatic rings. The van der Waals surface area contributed by atoms with Gasteiger partial charge >= 0.3 is 0 Å². The van der Waals surface area contributed by atoms with E-state index >= 15 is 0 Å². The van der Waals surface area contributed by atoms with Crippen molar-refractivity contribution in [3.8, 4) is 5.75 Å². The van der Waals surface area contributed by atoms with Crippen LogP contribution in [0.25, 0.3) is 0 Å². The first-order valence-electron chi connectivity index (χ1n) is 11.9. The molecule has 2 aromatic rings. The van der Waals surface area contributed by atoms with E-state index in [1.54, 1.807) is 24.3 Å². The normalized spacial score (nSPS) is 20.2. The van der Waals surface area contributed by atoms with Crippen LogP contribution in [0.4, 0.5) is 0 Å². The molecular formula is C24H29Cl2N5O3S. The predicted octanol–water partition coefficient (Wildman–Crippen LogP) is 3.85. The Balaban J connectivity index is 1.27. The van der Waals surface area contributed by atoms with Crippen LogP contribution < -0.4 is 16.0 Å². The number of piperidine rings is 1. The summed E-state index contributed by atoms with van der Waals surface area (Å²) < 4.78 is 35.8. The van der Waals surface area contributed by atoms with Gasteiger partial charge in [-0.1, -0.05) is 23.2 Å². The van der Waals surface area contributed by atoms with Crippen LogP contribution in [-0.2, 0) is 16.6 Å². The molecule has 0 atom stereocenters. The zero-order valence-corrected chi connectivity index (χ0v) is 21.6. The first-order chi connectivity index (χ1) is 16.7. The topological polar surface area (TPSA) is 114 Å². The summed E-state index contributed by atoms with van der Waals surface area (Å²) in [5, 5.41) is 9.17. The van der Waals surface area contributed by atoms with Crippen molar-refractivity contribution in [3.63, 3.8) is 0 Å². The molecule has 0 unspecified atom stereocenters. The molecule has 188 valence electrons. The number of ether oxygens (including phenoxy) is 1. The highest BCUT2D eigenvalue weighted by molar-refractivity contribution is 7.91. The Morgan fingerprint density at radius 2 is 1.71 bits per heavy atom. The first kappa shape index (κ1) is 24.6. The van der Waals surface area contributed by atoms with E-state index < -0.39 is 15.3 Å². The van der Waals surface area contributed by atoms with Gasteiger partial charge in [0.2, 0.25) is 5.96 Å². The zero-order chi connectivity index (χ0) is 24.7. The molecule has 3 N–H and O–H groups in total. The number of rotatable bonds is 7. The molecule has 5 rings (SSSR count). The van der Waals surface area contributed by atoms with E-state index in [4.69, 9.17) is 39.1 Å². The fraction of sp³-hybridized carbons (Fsp3) is 0.500. The van der Waals surface area contributed by atoms with Crippen LogP contribution in [0.15, 0.2) is 34.9 Å². The van der Waals surface area contributed by atoms with E-state index in [1.807, 2.05) is 6.20 Å². The minimum Gasteiger partial charge on any atom is -0.490 e. The van der Waals surface area contributed by atoms with Gasteiger partial charge in [-0.3, -0.25) is 14.9 Å². The van der Waals surface area contributed by atoms with Crippen molar-refractivity contribution in [3.05, 3.63) is 57.1 Å². The minimum absolute atomic E-state index is 0.0952. The van der Waals surface area contributed by atoms with Gasteiger partial charge in [0.1, 0.15) is 17.3 Å². The summed E-state index contributed by atoms with van der Waals surface area (Å²) in [4.78, 5) is 2.37. The van der Waals surface area contributed by atoms with Crippen LogP contribution in [0.1, 0.15) is 55.6 Å². The number of nitrogens with one attached hydrogen (secondary N) is 1. The molecule has 0 bridgehead atoms. The van der Waals surface area contributed by atoms with E-state index in [0.29, 0.717) is 34.6 Å². The third-order valence-electron chi connectivity index (χ3n) is 6.71. The second-order valence-electron chi connectivity index (χ2n) is 9.65. The number of likely N-dealkylation sites (tertiary alicyclic amines) is 1. The lowest BCUT2D eigenvalue weighted by Crippen LogP contribution is -2.39. The average Bonchev–Trinajstić information content (AvgIpc) is 3.67. The predicted molar refractivity (Wildman–Crippen MR) is 137 cm³/mol. The van der Waals surface area contributed by atoms with Gasteiger partial charge in [0.05, 0.1) is 5.25 Å². The van der Waals surface area contributed by atoms with Crippen molar-refractivity contribution in [2.45, 2.75) is 62.3 Å². The maximum absolute atomic E-state index is 12.3.